The summed E-state index contributed by atoms with van der Waals surface area (Å²) in [5.74, 6) is 0.156. The molecule has 5 heteroatoms. The molecule has 1 aromatic rings. The molecule has 0 bridgehead atoms. The lowest BCUT2D eigenvalue weighted by molar-refractivity contribution is -0.117. The molecule has 0 radical (unpaired) electrons. The summed E-state index contributed by atoms with van der Waals surface area (Å²) in [4.78, 5) is 11.8. The van der Waals surface area contributed by atoms with Crippen LogP contribution in [0.5, 0.6) is 0 Å². The zero-order valence-corrected chi connectivity index (χ0v) is 13.1. The van der Waals surface area contributed by atoms with E-state index in [-0.39, 0.29) is 18.6 Å². The van der Waals surface area contributed by atoms with Crippen molar-refractivity contribution in [1.29, 1.82) is 0 Å². The number of rotatable bonds is 6. The molecule has 0 spiro atoms. The largest absolute Gasteiger partial charge is 0.394 e. The molecular weight excluding hydrogens is 297 g/mol. The molecule has 0 saturated carbocycles. The predicted molar refractivity (Wildman–Crippen MR) is 84.0 cm³/mol. The normalized spacial score (nSPS) is 12.9. The lowest BCUT2D eigenvalue weighted by Gasteiger charge is -2.17. The standard InChI is InChI=1S/C15H19Cl2NO2/c1-10(2)5-14(9-19)18-15(20)4-3-11-6-12(16)8-13(17)7-11/h3-4,6-8,10,14,19H,5,9H2,1-2H3,(H,18,20)/b4-3+. The minimum Gasteiger partial charge on any atom is -0.394 e. The van der Waals surface area contributed by atoms with Gasteiger partial charge in [-0.2, -0.15) is 0 Å². The van der Waals surface area contributed by atoms with Gasteiger partial charge >= 0.3 is 0 Å². The monoisotopic (exact) mass is 315 g/mol. The molecule has 1 unspecified atom stereocenters. The molecule has 0 aliphatic carbocycles. The zero-order valence-electron chi connectivity index (χ0n) is 11.6. The van der Waals surface area contributed by atoms with E-state index in [4.69, 9.17) is 23.2 Å². The van der Waals surface area contributed by atoms with Gasteiger partial charge in [-0.25, -0.2) is 0 Å². The molecule has 0 aromatic heterocycles. The van der Waals surface area contributed by atoms with Gasteiger partial charge in [0.1, 0.15) is 0 Å². The van der Waals surface area contributed by atoms with Gasteiger partial charge in [0.2, 0.25) is 5.91 Å². The molecule has 0 heterocycles. The summed E-state index contributed by atoms with van der Waals surface area (Å²) in [6.45, 7) is 4.01. The first-order chi connectivity index (χ1) is 9.40. The summed E-state index contributed by atoms with van der Waals surface area (Å²) in [6, 6.07) is 4.84. The summed E-state index contributed by atoms with van der Waals surface area (Å²) in [7, 11) is 0. The van der Waals surface area contributed by atoms with Crippen LogP contribution in [0.25, 0.3) is 6.08 Å². The van der Waals surface area contributed by atoms with Gasteiger partial charge in [-0.15, -0.1) is 0 Å². The fourth-order valence-corrected chi connectivity index (χ4v) is 2.38. The smallest absolute Gasteiger partial charge is 0.244 e. The van der Waals surface area contributed by atoms with E-state index in [9.17, 15) is 9.90 Å². The second kappa shape index (κ2) is 8.30. The van der Waals surface area contributed by atoms with Crippen LogP contribution in [0, 0.1) is 5.92 Å². The maximum atomic E-state index is 11.8. The number of hydrogen-bond donors (Lipinski definition) is 2. The van der Waals surface area contributed by atoms with Crippen molar-refractivity contribution in [3.63, 3.8) is 0 Å². The van der Waals surface area contributed by atoms with Crippen LogP contribution in [-0.2, 0) is 4.79 Å². The Morgan fingerprint density at radius 2 is 1.90 bits per heavy atom. The predicted octanol–water partition coefficient (Wildman–Crippen LogP) is 3.53. The van der Waals surface area contributed by atoms with Crippen LogP contribution < -0.4 is 5.32 Å². The van der Waals surface area contributed by atoms with E-state index in [2.05, 4.69) is 5.32 Å². The molecule has 1 aromatic carbocycles. The Balaban J connectivity index is 2.62. The van der Waals surface area contributed by atoms with E-state index < -0.39 is 0 Å². The fourth-order valence-electron chi connectivity index (χ4n) is 1.84. The van der Waals surface area contributed by atoms with E-state index >= 15 is 0 Å². The lowest BCUT2D eigenvalue weighted by Crippen LogP contribution is -2.37. The number of nitrogens with one attached hydrogen (secondary N) is 1. The average Bonchev–Trinajstić information content (AvgIpc) is 2.34. The Morgan fingerprint density at radius 3 is 2.40 bits per heavy atom. The molecule has 1 amide bonds. The summed E-state index contributed by atoms with van der Waals surface area (Å²) in [6.07, 6.45) is 3.78. The molecule has 0 aliphatic heterocycles. The molecule has 1 atom stereocenters. The molecule has 2 N–H and O–H groups in total. The van der Waals surface area contributed by atoms with Crippen molar-refractivity contribution in [2.75, 3.05) is 6.61 Å². The summed E-state index contributed by atoms with van der Waals surface area (Å²) in [5.41, 5.74) is 0.752. The number of aliphatic hydroxyl groups excluding tert-OH is 1. The highest BCUT2D eigenvalue weighted by atomic mass is 35.5. The topological polar surface area (TPSA) is 49.3 Å². The van der Waals surface area contributed by atoms with E-state index in [1.54, 1.807) is 24.3 Å². The minimum atomic E-state index is -0.249. The van der Waals surface area contributed by atoms with Gasteiger partial charge in [0.15, 0.2) is 0 Å². The average molecular weight is 316 g/mol. The van der Waals surface area contributed by atoms with Crippen LogP contribution in [0.3, 0.4) is 0 Å². The molecule has 20 heavy (non-hydrogen) atoms. The van der Waals surface area contributed by atoms with E-state index in [1.165, 1.54) is 6.08 Å². The molecule has 1 rings (SSSR count). The van der Waals surface area contributed by atoms with Gasteiger partial charge in [-0.05, 0) is 42.2 Å². The second-order valence-corrected chi connectivity index (χ2v) is 5.93. The Kier molecular flexibility index (Phi) is 7.06. The highest BCUT2D eigenvalue weighted by Crippen LogP contribution is 2.19. The summed E-state index contributed by atoms with van der Waals surface area (Å²) < 4.78 is 0. The van der Waals surface area contributed by atoms with Crippen molar-refractivity contribution in [2.24, 2.45) is 5.92 Å². The number of hydrogen-bond acceptors (Lipinski definition) is 2. The first-order valence-electron chi connectivity index (χ1n) is 6.46. The third-order valence-electron chi connectivity index (χ3n) is 2.63. The van der Waals surface area contributed by atoms with Gasteiger partial charge in [-0.1, -0.05) is 37.0 Å². The number of benzene rings is 1. The number of amides is 1. The Bertz CT molecular complexity index is 467. The SMILES string of the molecule is CC(C)CC(CO)NC(=O)/C=C/c1cc(Cl)cc(Cl)c1. The Hall–Kier alpha value is -1.03. The third kappa shape index (κ3) is 6.42. The highest BCUT2D eigenvalue weighted by Gasteiger charge is 2.11. The Morgan fingerprint density at radius 1 is 1.30 bits per heavy atom. The Labute approximate surface area is 129 Å². The van der Waals surface area contributed by atoms with Crippen LogP contribution in [0.2, 0.25) is 10.0 Å². The van der Waals surface area contributed by atoms with E-state index in [1.807, 2.05) is 13.8 Å². The maximum Gasteiger partial charge on any atom is 0.244 e. The fraction of sp³-hybridized carbons (Fsp3) is 0.400. The number of aliphatic hydroxyl groups is 1. The maximum absolute atomic E-state index is 11.8. The molecular formula is C15H19Cl2NO2. The van der Waals surface area contributed by atoms with Gasteiger partial charge in [-0.3, -0.25) is 4.79 Å². The summed E-state index contributed by atoms with van der Waals surface area (Å²) in [5, 5.41) is 13.0. The van der Waals surface area contributed by atoms with Gasteiger partial charge in [0, 0.05) is 16.1 Å². The van der Waals surface area contributed by atoms with E-state index in [0.29, 0.717) is 16.0 Å². The first-order valence-corrected chi connectivity index (χ1v) is 7.22. The van der Waals surface area contributed by atoms with Crippen molar-refractivity contribution in [2.45, 2.75) is 26.3 Å². The molecule has 0 fully saturated rings. The third-order valence-corrected chi connectivity index (χ3v) is 3.07. The van der Waals surface area contributed by atoms with Gasteiger partial charge in [0.25, 0.3) is 0 Å². The van der Waals surface area contributed by atoms with Crippen molar-refractivity contribution >= 4 is 35.2 Å². The zero-order chi connectivity index (χ0) is 15.1. The van der Waals surface area contributed by atoms with Crippen molar-refractivity contribution in [1.82, 2.24) is 5.32 Å². The van der Waals surface area contributed by atoms with Crippen LogP contribution in [0.1, 0.15) is 25.8 Å². The van der Waals surface area contributed by atoms with Crippen LogP contribution in [0.15, 0.2) is 24.3 Å². The number of carbonyl (C=O) groups is 1. The lowest BCUT2D eigenvalue weighted by atomic mass is 10.0. The summed E-state index contributed by atoms with van der Waals surface area (Å²) >= 11 is 11.8. The first kappa shape index (κ1) is 17.0. The molecule has 110 valence electrons. The van der Waals surface area contributed by atoms with Crippen molar-refractivity contribution in [3.8, 4) is 0 Å². The minimum absolute atomic E-state index is 0.0687. The van der Waals surface area contributed by atoms with E-state index in [0.717, 1.165) is 12.0 Å². The van der Waals surface area contributed by atoms with Gasteiger partial charge < -0.3 is 10.4 Å². The molecule has 0 aliphatic rings. The highest BCUT2D eigenvalue weighted by molar-refractivity contribution is 6.34. The van der Waals surface area contributed by atoms with Crippen molar-refractivity contribution < 1.29 is 9.90 Å². The van der Waals surface area contributed by atoms with Crippen molar-refractivity contribution in [3.05, 3.63) is 39.9 Å². The molecule has 3 nitrogen and oxygen atoms in total. The van der Waals surface area contributed by atoms with Crippen LogP contribution in [0.4, 0.5) is 0 Å². The number of carbonyl (C=O) groups excluding carboxylic acids is 1. The quantitative estimate of drug-likeness (QED) is 0.789. The second-order valence-electron chi connectivity index (χ2n) is 5.05. The van der Waals surface area contributed by atoms with Crippen LogP contribution in [-0.4, -0.2) is 23.7 Å². The molecule has 0 saturated heterocycles. The van der Waals surface area contributed by atoms with Crippen LogP contribution >= 0.6 is 23.2 Å². The van der Waals surface area contributed by atoms with Gasteiger partial charge in [0.05, 0.1) is 12.6 Å². The number of halogens is 2.